The molecule has 2 aliphatic carbocycles. The molecule has 1 aromatic rings. The maximum Gasteiger partial charge on any atom is 0.165 e. The Hall–Kier alpha value is -2.10. The molecule has 0 unspecified atom stereocenters. The number of nitrogens with one attached hydrogen (secondary N) is 2. The minimum Gasteiger partial charge on any atom is -0.504 e. The zero-order valence-corrected chi connectivity index (χ0v) is 9.88. The van der Waals surface area contributed by atoms with Crippen LogP contribution in [0.15, 0.2) is 0 Å². The minimum absolute atomic E-state index is 0.154. The fourth-order valence-electron chi connectivity index (χ4n) is 2.76. The lowest BCUT2D eigenvalue weighted by Crippen LogP contribution is -2.30. The third-order valence-electron chi connectivity index (χ3n) is 3.67. The molecule has 2 aliphatic rings. The summed E-state index contributed by atoms with van der Waals surface area (Å²) >= 11 is 0. The van der Waals surface area contributed by atoms with Crippen molar-refractivity contribution in [2.75, 3.05) is 0 Å². The van der Waals surface area contributed by atoms with Crippen LogP contribution in [0.25, 0.3) is 12.2 Å². The highest BCUT2D eigenvalue weighted by molar-refractivity contribution is 6.11. The molecule has 0 aromatic heterocycles. The van der Waals surface area contributed by atoms with E-state index in [9.17, 15) is 10.2 Å². The highest BCUT2D eigenvalue weighted by Gasteiger charge is 2.21. The molecule has 0 heterocycles. The Kier molecular flexibility index (Phi) is 2.26. The Bertz CT molecular complexity index is 641. The zero-order valence-electron chi connectivity index (χ0n) is 9.88. The highest BCUT2D eigenvalue weighted by Crippen LogP contribution is 2.24. The van der Waals surface area contributed by atoms with Crippen LogP contribution in [-0.2, 0) is 12.8 Å². The van der Waals surface area contributed by atoms with Gasteiger partial charge < -0.3 is 21.0 Å². The van der Waals surface area contributed by atoms with Crippen molar-refractivity contribution in [1.82, 2.24) is 0 Å². The van der Waals surface area contributed by atoms with Crippen molar-refractivity contribution < 1.29 is 10.2 Å². The predicted octanol–water partition coefficient (Wildman–Crippen LogP) is 0.591. The molecule has 0 spiro atoms. The lowest BCUT2D eigenvalue weighted by atomic mass is 9.86. The molecule has 0 atom stereocenters. The Labute approximate surface area is 104 Å². The van der Waals surface area contributed by atoms with Gasteiger partial charge in [-0.2, -0.15) is 0 Å². The predicted molar refractivity (Wildman–Crippen MR) is 70.0 cm³/mol. The standard InChI is InChI=1S/C14H14N2O2/c15-7-1-3-9-10-4-2-8(16)6-12(10)14(18)13(17)11(9)5-7/h5-6,15-18H,1-4H2. The Balaban J connectivity index is 2.47. The molecular formula is C14H14N2O2. The van der Waals surface area contributed by atoms with E-state index in [2.05, 4.69) is 0 Å². The third-order valence-corrected chi connectivity index (χ3v) is 3.67. The monoisotopic (exact) mass is 242 g/mol. The van der Waals surface area contributed by atoms with E-state index >= 15 is 0 Å². The summed E-state index contributed by atoms with van der Waals surface area (Å²) in [7, 11) is 0. The molecule has 18 heavy (non-hydrogen) atoms. The Morgan fingerprint density at radius 3 is 1.50 bits per heavy atom. The first-order chi connectivity index (χ1) is 8.58. The van der Waals surface area contributed by atoms with Crippen molar-refractivity contribution in [2.45, 2.75) is 25.7 Å². The van der Waals surface area contributed by atoms with Crippen LogP contribution >= 0.6 is 0 Å². The van der Waals surface area contributed by atoms with Crippen LogP contribution in [0.2, 0.25) is 0 Å². The molecule has 0 amide bonds. The summed E-state index contributed by atoms with van der Waals surface area (Å²) in [5.74, 6) is -0.307. The first kappa shape index (κ1) is 11.0. The number of phenols is 2. The molecule has 1 aromatic carbocycles. The summed E-state index contributed by atoms with van der Waals surface area (Å²) in [6.07, 6.45) is 6.05. The van der Waals surface area contributed by atoms with Crippen LogP contribution in [0, 0.1) is 10.8 Å². The molecule has 0 bridgehead atoms. The van der Waals surface area contributed by atoms with Gasteiger partial charge in [0.2, 0.25) is 0 Å². The van der Waals surface area contributed by atoms with E-state index in [0.717, 1.165) is 24.0 Å². The van der Waals surface area contributed by atoms with Crippen molar-refractivity contribution in [3.05, 3.63) is 21.6 Å². The summed E-state index contributed by atoms with van der Waals surface area (Å²) in [4.78, 5) is 0. The van der Waals surface area contributed by atoms with Crippen molar-refractivity contribution in [3.63, 3.8) is 0 Å². The van der Waals surface area contributed by atoms with Crippen LogP contribution in [0.4, 0.5) is 0 Å². The van der Waals surface area contributed by atoms with Crippen LogP contribution in [0.3, 0.4) is 0 Å². The maximum absolute atomic E-state index is 10.0. The summed E-state index contributed by atoms with van der Waals surface area (Å²) in [5, 5.41) is 36.6. The summed E-state index contributed by atoms with van der Waals surface area (Å²) in [5.41, 5.74) is 3.01. The zero-order chi connectivity index (χ0) is 12.9. The molecule has 0 radical (unpaired) electrons. The van der Waals surface area contributed by atoms with E-state index in [1.807, 2.05) is 0 Å². The summed E-state index contributed by atoms with van der Waals surface area (Å²) in [6.45, 7) is 0. The number of phenolic OH excluding ortho intramolecular Hbond substituents is 2. The minimum atomic E-state index is -0.154. The van der Waals surface area contributed by atoms with Gasteiger partial charge in [-0.3, -0.25) is 0 Å². The van der Waals surface area contributed by atoms with Crippen molar-refractivity contribution in [1.29, 1.82) is 10.8 Å². The lowest BCUT2D eigenvalue weighted by Gasteiger charge is -2.20. The largest absolute Gasteiger partial charge is 0.504 e. The molecule has 0 saturated heterocycles. The Morgan fingerprint density at radius 1 is 0.722 bits per heavy atom. The van der Waals surface area contributed by atoms with Crippen LogP contribution in [0.5, 0.6) is 11.5 Å². The second-order valence-corrected chi connectivity index (χ2v) is 4.82. The first-order valence-corrected chi connectivity index (χ1v) is 6.02. The lowest BCUT2D eigenvalue weighted by molar-refractivity contribution is 0.396. The number of hydrogen-bond acceptors (Lipinski definition) is 4. The first-order valence-electron chi connectivity index (χ1n) is 6.02. The molecule has 4 N–H and O–H groups in total. The van der Waals surface area contributed by atoms with Gasteiger partial charge >= 0.3 is 0 Å². The quantitative estimate of drug-likeness (QED) is 0.502. The van der Waals surface area contributed by atoms with Gasteiger partial charge in [-0.25, -0.2) is 0 Å². The number of hydrogen-bond donors (Lipinski definition) is 4. The van der Waals surface area contributed by atoms with Gasteiger partial charge in [-0.1, -0.05) is 0 Å². The molecule has 4 nitrogen and oxygen atoms in total. The molecule has 4 heteroatoms. The highest BCUT2D eigenvalue weighted by atomic mass is 16.3. The SMILES string of the molecule is N=C1C=c2c(O)c(O)c3c(c2CC1)CCC(=N)C=3. The average Bonchev–Trinajstić information content (AvgIpc) is 2.36. The van der Waals surface area contributed by atoms with Gasteiger partial charge in [0, 0.05) is 21.9 Å². The topological polar surface area (TPSA) is 88.2 Å². The summed E-state index contributed by atoms with van der Waals surface area (Å²) in [6, 6.07) is 0. The van der Waals surface area contributed by atoms with E-state index in [4.69, 9.17) is 10.8 Å². The van der Waals surface area contributed by atoms with Gasteiger partial charge in [-0.05, 0) is 49.0 Å². The Morgan fingerprint density at radius 2 is 1.11 bits per heavy atom. The van der Waals surface area contributed by atoms with Gasteiger partial charge in [0.25, 0.3) is 0 Å². The second-order valence-electron chi connectivity index (χ2n) is 4.82. The van der Waals surface area contributed by atoms with Crippen LogP contribution in [0.1, 0.15) is 24.0 Å². The molecule has 0 aliphatic heterocycles. The maximum atomic E-state index is 10.0. The fourth-order valence-corrected chi connectivity index (χ4v) is 2.76. The fraction of sp³-hybridized carbons (Fsp3) is 0.286. The third kappa shape index (κ3) is 1.45. The number of aromatic hydroxyl groups is 2. The second kappa shape index (κ2) is 3.70. The van der Waals surface area contributed by atoms with Gasteiger partial charge in [0.05, 0.1) is 0 Å². The van der Waals surface area contributed by atoms with Crippen LogP contribution in [-0.4, -0.2) is 21.6 Å². The molecule has 0 saturated carbocycles. The van der Waals surface area contributed by atoms with E-state index in [0.29, 0.717) is 34.7 Å². The normalized spacial score (nSPS) is 17.6. The molecule has 92 valence electrons. The molecule has 0 fully saturated rings. The number of fused-ring (bicyclic) bond motifs is 3. The van der Waals surface area contributed by atoms with Gasteiger partial charge in [0.15, 0.2) is 11.5 Å². The van der Waals surface area contributed by atoms with Crippen molar-refractivity contribution in [3.8, 4) is 11.5 Å². The van der Waals surface area contributed by atoms with E-state index in [-0.39, 0.29) is 11.5 Å². The van der Waals surface area contributed by atoms with E-state index < -0.39 is 0 Å². The summed E-state index contributed by atoms with van der Waals surface area (Å²) < 4.78 is 0. The van der Waals surface area contributed by atoms with Gasteiger partial charge in [0.1, 0.15) is 0 Å². The smallest absolute Gasteiger partial charge is 0.165 e. The van der Waals surface area contributed by atoms with Crippen molar-refractivity contribution >= 4 is 23.6 Å². The number of benzene rings is 1. The van der Waals surface area contributed by atoms with E-state index in [1.54, 1.807) is 12.2 Å². The van der Waals surface area contributed by atoms with Crippen LogP contribution < -0.4 is 10.4 Å². The van der Waals surface area contributed by atoms with Crippen molar-refractivity contribution in [2.24, 2.45) is 0 Å². The number of rotatable bonds is 0. The van der Waals surface area contributed by atoms with Gasteiger partial charge in [-0.15, -0.1) is 0 Å². The molecule has 3 rings (SSSR count). The molecular weight excluding hydrogens is 228 g/mol. The van der Waals surface area contributed by atoms with E-state index in [1.165, 1.54) is 0 Å². The average molecular weight is 242 g/mol.